The normalized spacial score (nSPS) is 11.1. The molecule has 104 valence electrons. The first-order valence-electron chi connectivity index (χ1n) is 5.60. The first kappa shape index (κ1) is 14.0. The highest BCUT2D eigenvalue weighted by atomic mass is 32.2. The molecular weight excluding hydrogens is 280 g/mol. The molecule has 0 radical (unpaired) electrons. The Morgan fingerprint density at radius 1 is 1.10 bits per heavy atom. The van der Waals surface area contributed by atoms with Crippen molar-refractivity contribution in [2.45, 2.75) is 4.90 Å². The van der Waals surface area contributed by atoms with Crippen LogP contribution in [0.5, 0.6) is 0 Å². The Balaban J connectivity index is 2.46. The number of carboxylic acid groups (broad SMARTS) is 1. The number of primary sulfonamides is 1. The maximum absolute atomic E-state index is 11.2. The second kappa shape index (κ2) is 5.32. The monoisotopic (exact) mass is 292 g/mol. The first-order valence-corrected chi connectivity index (χ1v) is 7.15. The van der Waals surface area contributed by atoms with Gasteiger partial charge in [-0.2, -0.15) is 0 Å². The molecule has 0 spiro atoms. The topological polar surface area (TPSA) is 109 Å². The Morgan fingerprint density at radius 2 is 1.75 bits per heavy atom. The van der Waals surface area contributed by atoms with Gasteiger partial charge in [0.15, 0.2) is 0 Å². The summed E-state index contributed by atoms with van der Waals surface area (Å²) < 4.78 is 22.5. The quantitative estimate of drug-likeness (QED) is 0.795. The third-order valence-corrected chi connectivity index (χ3v) is 3.51. The van der Waals surface area contributed by atoms with Gasteiger partial charge in [0, 0.05) is 5.69 Å². The van der Waals surface area contributed by atoms with Crippen LogP contribution in [0.15, 0.2) is 53.4 Å². The fourth-order valence-electron chi connectivity index (χ4n) is 1.66. The van der Waals surface area contributed by atoms with Crippen LogP contribution in [0.4, 0.5) is 11.4 Å². The lowest BCUT2D eigenvalue weighted by molar-refractivity contribution is 0.0697. The Hall–Kier alpha value is -2.38. The highest BCUT2D eigenvalue weighted by molar-refractivity contribution is 7.89. The van der Waals surface area contributed by atoms with Crippen molar-refractivity contribution >= 4 is 27.4 Å². The molecule has 0 aliphatic heterocycles. The van der Waals surface area contributed by atoms with Crippen LogP contribution in [0.2, 0.25) is 0 Å². The lowest BCUT2D eigenvalue weighted by atomic mass is 10.1. The number of sulfonamides is 1. The van der Waals surface area contributed by atoms with Crippen LogP contribution in [0.25, 0.3) is 0 Å². The average molecular weight is 292 g/mol. The molecule has 6 nitrogen and oxygen atoms in total. The summed E-state index contributed by atoms with van der Waals surface area (Å²) in [4.78, 5) is 11.0. The number of aromatic carboxylic acids is 1. The zero-order valence-electron chi connectivity index (χ0n) is 10.3. The molecular formula is C13H12N2O4S. The molecule has 0 unspecified atom stereocenters. The zero-order chi connectivity index (χ0) is 14.8. The van der Waals surface area contributed by atoms with Crippen LogP contribution < -0.4 is 10.5 Å². The first-order chi connectivity index (χ1) is 9.38. The van der Waals surface area contributed by atoms with Crippen molar-refractivity contribution in [2.24, 2.45) is 5.14 Å². The number of para-hydroxylation sites is 1. The van der Waals surface area contributed by atoms with Crippen LogP contribution in [-0.2, 0) is 10.0 Å². The molecule has 2 aromatic carbocycles. The number of benzene rings is 2. The van der Waals surface area contributed by atoms with Gasteiger partial charge in [-0.1, -0.05) is 18.2 Å². The second-order valence-corrected chi connectivity index (χ2v) is 5.61. The standard InChI is InChI=1S/C13H12N2O4S/c14-20(18,19)10-6-7-12(11(8-10)13(16)17)15-9-4-2-1-3-5-9/h1-8,15H,(H,16,17)(H2,14,18,19). The van der Waals surface area contributed by atoms with E-state index in [1.807, 2.05) is 6.07 Å². The summed E-state index contributed by atoms with van der Waals surface area (Å²) in [6.07, 6.45) is 0. The Kier molecular flexibility index (Phi) is 3.73. The van der Waals surface area contributed by atoms with Crippen LogP contribution in [0.3, 0.4) is 0 Å². The molecule has 2 aromatic rings. The molecule has 0 amide bonds. The van der Waals surface area contributed by atoms with E-state index in [-0.39, 0.29) is 16.1 Å². The van der Waals surface area contributed by atoms with Crippen molar-refractivity contribution in [1.29, 1.82) is 0 Å². The number of nitrogens with two attached hydrogens (primary N) is 1. The van der Waals surface area contributed by atoms with E-state index < -0.39 is 16.0 Å². The zero-order valence-corrected chi connectivity index (χ0v) is 11.1. The third kappa shape index (κ3) is 3.14. The molecule has 0 aromatic heterocycles. The van der Waals surface area contributed by atoms with Crippen molar-refractivity contribution < 1.29 is 18.3 Å². The summed E-state index contributed by atoms with van der Waals surface area (Å²) in [5.41, 5.74) is 0.815. The summed E-state index contributed by atoms with van der Waals surface area (Å²) >= 11 is 0. The van der Waals surface area contributed by atoms with Gasteiger partial charge in [-0.3, -0.25) is 0 Å². The van der Waals surface area contributed by atoms with Crippen molar-refractivity contribution in [1.82, 2.24) is 0 Å². The van der Waals surface area contributed by atoms with Crippen LogP contribution in [0.1, 0.15) is 10.4 Å². The largest absolute Gasteiger partial charge is 0.478 e. The molecule has 0 aliphatic rings. The van der Waals surface area contributed by atoms with Gasteiger partial charge >= 0.3 is 5.97 Å². The minimum absolute atomic E-state index is 0.166. The molecule has 20 heavy (non-hydrogen) atoms. The second-order valence-electron chi connectivity index (χ2n) is 4.05. The maximum atomic E-state index is 11.2. The molecule has 4 N–H and O–H groups in total. The summed E-state index contributed by atoms with van der Waals surface area (Å²) in [6, 6.07) is 12.6. The lowest BCUT2D eigenvalue weighted by Crippen LogP contribution is -2.13. The van der Waals surface area contributed by atoms with E-state index in [0.717, 1.165) is 6.07 Å². The van der Waals surface area contributed by atoms with E-state index in [0.29, 0.717) is 5.69 Å². The Bertz CT molecular complexity index is 742. The summed E-state index contributed by atoms with van der Waals surface area (Å²) in [7, 11) is -3.94. The molecule has 0 fully saturated rings. The van der Waals surface area contributed by atoms with Gasteiger partial charge in [-0.05, 0) is 30.3 Å². The predicted octanol–water partition coefficient (Wildman–Crippen LogP) is 1.78. The molecule has 0 bridgehead atoms. The molecule has 7 heteroatoms. The van der Waals surface area contributed by atoms with Crippen molar-refractivity contribution in [2.75, 3.05) is 5.32 Å². The van der Waals surface area contributed by atoms with E-state index in [1.54, 1.807) is 24.3 Å². The van der Waals surface area contributed by atoms with Gasteiger partial charge in [0.05, 0.1) is 16.1 Å². The minimum atomic E-state index is -3.94. The van der Waals surface area contributed by atoms with Crippen molar-refractivity contribution in [3.8, 4) is 0 Å². The molecule has 0 saturated heterocycles. The highest BCUT2D eigenvalue weighted by Crippen LogP contribution is 2.23. The van der Waals surface area contributed by atoms with Crippen molar-refractivity contribution in [3.63, 3.8) is 0 Å². The van der Waals surface area contributed by atoms with Gasteiger partial charge in [-0.25, -0.2) is 18.4 Å². The number of nitrogens with one attached hydrogen (secondary N) is 1. The Labute approximate surface area is 115 Å². The fourth-order valence-corrected chi connectivity index (χ4v) is 2.20. The number of anilines is 2. The maximum Gasteiger partial charge on any atom is 0.337 e. The van der Waals surface area contributed by atoms with Crippen LogP contribution in [0, 0.1) is 0 Å². The fraction of sp³-hybridized carbons (Fsp3) is 0. The van der Waals surface area contributed by atoms with Gasteiger partial charge in [0.1, 0.15) is 0 Å². The molecule has 0 saturated carbocycles. The van der Waals surface area contributed by atoms with E-state index in [9.17, 15) is 13.2 Å². The van der Waals surface area contributed by atoms with Gasteiger partial charge in [-0.15, -0.1) is 0 Å². The molecule has 2 rings (SSSR count). The summed E-state index contributed by atoms with van der Waals surface area (Å²) in [5.74, 6) is -1.24. The van der Waals surface area contributed by atoms with Crippen molar-refractivity contribution in [3.05, 3.63) is 54.1 Å². The molecule has 0 atom stereocenters. The number of carbonyl (C=O) groups is 1. The van der Waals surface area contributed by atoms with Gasteiger partial charge < -0.3 is 10.4 Å². The number of carboxylic acids is 1. The van der Waals surface area contributed by atoms with E-state index in [1.165, 1.54) is 12.1 Å². The van der Waals surface area contributed by atoms with E-state index in [2.05, 4.69) is 5.32 Å². The minimum Gasteiger partial charge on any atom is -0.478 e. The van der Waals surface area contributed by atoms with Crippen LogP contribution >= 0.6 is 0 Å². The SMILES string of the molecule is NS(=O)(=O)c1ccc(Nc2ccccc2)c(C(=O)O)c1. The smallest absolute Gasteiger partial charge is 0.337 e. The molecule has 0 heterocycles. The van der Waals surface area contributed by atoms with Gasteiger partial charge in [0.2, 0.25) is 10.0 Å². The molecule has 0 aliphatic carbocycles. The van der Waals surface area contributed by atoms with E-state index in [4.69, 9.17) is 10.2 Å². The third-order valence-electron chi connectivity index (χ3n) is 2.60. The summed E-state index contributed by atoms with van der Waals surface area (Å²) in [6.45, 7) is 0. The number of rotatable bonds is 4. The number of hydrogen-bond acceptors (Lipinski definition) is 4. The average Bonchev–Trinajstić information content (AvgIpc) is 2.38. The van der Waals surface area contributed by atoms with E-state index >= 15 is 0 Å². The highest BCUT2D eigenvalue weighted by Gasteiger charge is 2.16. The Morgan fingerprint density at radius 3 is 2.30 bits per heavy atom. The predicted molar refractivity (Wildman–Crippen MR) is 74.5 cm³/mol. The van der Waals surface area contributed by atoms with Crippen LogP contribution in [-0.4, -0.2) is 19.5 Å². The lowest BCUT2D eigenvalue weighted by Gasteiger charge is -2.10. The summed E-state index contributed by atoms with van der Waals surface area (Å²) in [5, 5.41) is 17.1. The number of hydrogen-bond donors (Lipinski definition) is 3. The van der Waals surface area contributed by atoms with Gasteiger partial charge in [0.25, 0.3) is 0 Å².